The number of nitrogens with zero attached hydrogens (tertiary/aromatic N) is 2. The van der Waals surface area contributed by atoms with E-state index in [0.29, 0.717) is 30.8 Å². The van der Waals surface area contributed by atoms with Gasteiger partial charge in [-0.3, -0.25) is 9.13 Å². The number of benzene rings is 3. The molecule has 3 aromatic carbocycles. The number of hydrogen-bond donors (Lipinski definition) is 1. The van der Waals surface area contributed by atoms with Gasteiger partial charge in [0.2, 0.25) is 0 Å². The Morgan fingerprint density at radius 1 is 0.824 bits per heavy atom. The van der Waals surface area contributed by atoms with Gasteiger partial charge in [-0.2, -0.15) is 0 Å². The number of hydrogen-bond acceptors (Lipinski definition) is 2. The van der Waals surface area contributed by atoms with E-state index >= 15 is 0 Å². The van der Waals surface area contributed by atoms with Gasteiger partial charge >= 0.3 is 11.7 Å². The maximum atomic E-state index is 14.1. The standard InChI is InChI=1S/C28H27FN2O3/c1-2-8-25-26(17-29)31(18-20-9-4-3-5-10-20)28(34)30(25)19-21-13-15-22(16-14-21)23-11-6-7-12-24(23)27(32)33/h3-7,9-16H,2,8,17-19H2,1H3,(H,32,33). The van der Waals surface area contributed by atoms with Crippen LogP contribution < -0.4 is 5.69 Å². The fourth-order valence-electron chi connectivity index (χ4n) is 4.34. The molecule has 0 amide bonds. The van der Waals surface area contributed by atoms with Crippen LogP contribution in [0.1, 0.15) is 46.2 Å². The molecule has 1 N–H and O–H groups in total. The van der Waals surface area contributed by atoms with Crippen LogP contribution in [0.25, 0.3) is 11.1 Å². The third-order valence-corrected chi connectivity index (χ3v) is 6.01. The summed E-state index contributed by atoms with van der Waals surface area (Å²) < 4.78 is 17.3. The maximum absolute atomic E-state index is 14.1. The molecule has 0 aliphatic carbocycles. The number of aromatic carboxylic acids is 1. The summed E-state index contributed by atoms with van der Waals surface area (Å²) in [5.74, 6) is -0.978. The van der Waals surface area contributed by atoms with Crippen molar-refractivity contribution in [3.63, 3.8) is 0 Å². The van der Waals surface area contributed by atoms with Crippen molar-refractivity contribution in [3.05, 3.63) is 117 Å². The van der Waals surface area contributed by atoms with Gasteiger partial charge in [-0.15, -0.1) is 0 Å². The van der Waals surface area contributed by atoms with E-state index in [-0.39, 0.29) is 11.3 Å². The first-order chi connectivity index (χ1) is 16.5. The van der Waals surface area contributed by atoms with Crippen molar-refractivity contribution in [1.29, 1.82) is 0 Å². The molecule has 0 bridgehead atoms. The number of halogens is 1. The highest BCUT2D eigenvalue weighted by Crippen LogP contribution is 2.25. The highest BCUT2D eigenvalue weighted by Gasteiger charge is 2.20. The molecule has 0 saturated heterocycles. The van der Waals surface area contributed by atoms with E-state index in [0.717, 1.165) is 28.8 Å². The van der Waals surface area contributed by atoms with Crippen molar-refractivity contribution >= 4 is 5.97 Å². The van der Waals surface area contributed by atoms with Gasteiger partial charge in [0.05, 0.1) is 24.3 Å². The molecule has 4 rings (SSSR count). The van der Waals surface area contributed by atoms with Crippen LogP contribution in [0.15, 0.2) is 83.7 Å². The predicted octanol–water partition coefficient (Wildman–Crippen LogP) is 5.53. The number of rotatable bonds is 9. The van der Waals surface area contributed by atoms with Crippen LogP contribution in [0.2, 0.25) is 0 Å². The third kappa shape index (κ3) is 4.71. The minimum absolute atomic E-state index is 0.222. The summed E-state index contributed by atoms with van der Waals surface area (Å²) in [6, 6.07) is 23.9. The van der Waals surface area contributed by atoms with Crippen LogP contribution in [0.5, 0.6) is 0 Å². The Kier molecular flexibility index (Phi) is 7.07. The average Bonchev–Trinajstić information content (AvgIpc) is 3.10. The van der Waals surface area contributed by atoms with Crippen LogP contribution in [0, 0.1) is 0 Å². The van der Waals surface area contributed by atoms with Crippen molar-refractivity contribution < 1.29 is 14.3 Å². The molecule has 0 aliphatic heterocycles. The van der Waals surface area contributed by atoms with E-state index in [4.69, 9.17) is 0 Å². The molecule has 5 nitrogen and oxygen atoms in total. The quantitative estimate of drug-likeness (QED) is 0.359. The Hall–Kier alpha value is -3.93. The summed E-state index contributed by atoms with van der Waals surface area (Å²) in [7, 11) is 0. The normalized spacial score (nSPS) is 11.0. The molecule has 0 unspecified atom stereocenters. The van der Waals surface area contributed by atoms with Gasteiger partial charge < -0.3 is 5.11 Å². The molecule has 0 aliphatic rings. The predicted molar refractivity (Wildman–Crippen MR) is 131 cm³/mol. The summed E-state index contributed by atoms with van der Waals surface area (Å²) in [6.45, 7) is 1.97. The Morgan fingerprint density at radius 3 is 2.03 bits per heavy atom. The molecule has 0 saturated carbocycles. The molecule has 1 heterocycles. The molecule has 34 heavy (non-hydrogen) atoms. The third-order valence-electron chi connectivity index (χ3n) is 6.01. The second-order valence-electron chi connectivity index (χ2n) is 8.27. The van der Waals surface area contributed by atoms with E-state index in [1.165, 1.54) is 4.57 Å². The summed E-state index contributed by atoms with van der Waals surface area (Å²) in [4.78, 5) is 24.9. The zero-order valence-corrected chi connectivity index (χ0v) is 19.1. The lowest BCUT2D eigenvalue weighted by atomic mass is 9.99. The van der Waals surface area contributed by atoms with Crippen molar-refractivity contribution in [2.75, 3.05) is 0 Å². The SMILES string of the molecule is CCCc1c(CF)n(Cc2ccccc2)c(=O)n1Cc1ccc(-c2ccccc2C(=O)O)cc1. The van der Waals surface area contributed by atoms with Gasteiger partial charge in [-0.1, -0.05) is 86.1 Å². The van der Waals surface area contributed by atoms with E-state index in [1.807, 2.05) is 61.5 Å². The zero-order valence-electron chi connectivity index (χ0n) is 19.1. The Morgan fingerprint density at radius 2 is 1.41 bits per heavy atom. The minimum Gasteiger partial charge on any atom is -0.478 e. The van der Waals surface area contributed by atoms with Gasteiger partial charge in [-0.05, 0) is 34.7 Å². The number of imidazole rings is 1. The lowest BCUT2D eigenvalue weighted by molar-refractivity contribution is 0.0697. The van der Waals surface area contributed by atoms with Crippen molar-refractivity contribution in [1.82, 2.24) is 9.13 Å². The van der Waals surface area contributed by atoms with Gasteiger partial charge in [-0.25, -0.2) is 14.0 Å². The molecular formula is C28H27FN2O3. The van der Waals surface area contributed by atoms with Crippen LogP contribution in [-0.4, -0.2) is 20.2 Å². The number of aromatic nitrogens is 2. The average molecular weight is 459 g/mol. The number of alkyl halides is 1. The van der Waals surface area contributed by atoms with E-state index in [1.54, 1.807) is 28.8 Å². The Bertz CT molecular complexity index is 1340. The molecule has 6 heteroatoms. The molecule has 0 spiro atoms. The fraction of sp³-hybridized carbons (Fsp3) is 0.214. The highest BCUT2D eigenvalue weighted by molar-refractivity contribution is 5.95. The van der Waals surface area contributed by atoms with Gasteiger partial charge in [0, 0.05) is 5.69 Å². The molecule has 174 valence electrons. The van der Waals surface area contributed by atoms with E-state index in [9.17, 15) is 19.1 Å². The lowest BCUT2D eigenvalue weighted by Gasteiger charge is -2.10. The summed E-state index contributed by atoms with van der Waals surface area (Å²) in [5, 5.41) is 9.47. The van der Waals surface area contributed by atoms with Crippen LogP contribution in [0.3, 0.4) is 0 Å². The van der Waals surface area contributed by atoms with Gasteiger partial charge in [0.1, 0.15) is 6.67 Å². The summed E-state index contributed by atoms with van der Waals surface area (Å²) in [6.07, 6.45) is 1.41. The number of carboxylic acids is 1. The first-order valence-electron chi connectivity index (χ1n) is 11.4. The topological polar surface area (TPSA) is 64.2 Å². The fourth-order valence-corrected chi connectivity index (χ4v) is 4.34. The second kappa shape index (κ2) is 10.3. The summed E-state index contributed by atoms with van der Waals surface area (Å²) >= 11 is 0. The zero-order chi connectivity index (χ0) is 24.1. The van der Waals surface area contributed by atoms with Gasteiger partial charge in [0.25, 0.3) is 0 Å². The number of carboxylic acid groups (broad SMARTS) is 1. The molecule has 0 radical (unpaired) electrons. The van der Waals surface area contributed by atoms with Crippen molar-refractivity contribution in [3.8, 4) is 11.1 Å². The van der Waals surface area contributed by atoms with Crippen molar-refractivity contribution in [2.24, 2.45) is 0 Å². The van der Waals surface area contributed by atoms with Crippen LogP contribution in [-0.2, 0) is 26.2 Å². The van der Waals surface area contributed by atoms with E-state index in [2.05, 4.69) is 0 Å². The molecule has 0 fully saturated rings. The Labute approximate surface area is 197 Å². The van der Waals surface area contributed by atoms with Gasteiger partial charge in [0.15, 0.2) is 0 Å². The molecule has 0 atom stereocenters. The largest absolute Gasteiger partial charge is 0.478 e. The first kappa shape index (κ1) is 23.2. The second-order valence-corrected chi connectivity index (χ2v) is 8.27. The maximum Gasteiger partial charge on any atom is 0.336 e. The molecular weight excluding hydrogens is 431 g/mol. The van der Waals surface area contributed by atoms with Crippen LogP contribution in [0.4, 0.5) is 4.39 Å². The minimum atomic E-state index is -0.978. The monoisotopic (exact) mass is 458 g/mol. The highest BCUT2D eigenvalue weighted by atomic mass is 19.1. The Balaban J connectivity index is 1.69. The first-order valence-corrected chi connectivity index (χ1v) is 11.4. The molecule has 1 aromatic heterocycles. The smallest absolute Gasteiger partial charge is 0.336 e. The lowest BCUT2D eigenvalue weighted by Crippen LogP contribution is -2.26. The van der Waals surface area contributed by atoms with Crippen molar-refractivity contribution in [2.45, 2.75) is 39.5 Å². The van der Waals surface area contributed by atoms with E-state index < -0.39 is 12.6 Å². The molecule has 4 aromatic rings. The number of carbonyl (C=O) groups is 1. The van der Waals surface area contributed by atoms with Crippen LogP contribution >= 0.6 is 0 Å². The summed E-state index contributed by atoms with van der Waals surface area (Å²) in [5.41, 5.74) is 4.43.